The van der Waals surface area contributed by atoms with Crippen molar-refractivity contribution in [2.75, 3.05) is 0 Å². The third kappa shape index (κ3) is 5.64. The summed E-state index contributed by atoms with van der Waals surface area (Å²) in [6.07, 6.45) is 0. The summed E-state index contributed by atoms with van der Waals surface area (Å²) < 4.78 is 2.50. The van der Waals surface area contributed by atoms with Crippen molar-refractivity contribution in [3.05, 3.63) is 265 Å². The quantitative estimate of drug-likeness (QED) is 0.167. The van der Waals surface area contributed by atoms with Crippen LogP contribution < -0.4 is 0 Å². The molecule has 3 heterocycles. The molecule has 14 rings (SSSR count). The molecule has 12 aromatic rings. The number of rotatable bonds is 6. The van der Waals surface area contributed by atoms with Crippen LogP contribution in [0.2, 0.25) is 0 Å². The van der Waals surface area contributed by atoms with Crippen molar-refractivity contribution in [1.29, 1.82) is 0 Å². The fourth-order valence-corrected chi connectivity index (χ4v) is 11.3. The monoisotopic (exact) mass is 864 g/mol. The molecule has 1 aliphatic carbocycles. The van der Waals surface area contributed by atoms with E-state index in [2.05, 4.69) is 223 Å². The van der Waals surface area contributed by atoms with Gasteiger partial charge in [0.1, 0.15) is 0 Å². The van der Waals surface area contributed by atoms with Gasteiger partial charge in [0, 0.05) is 27.5 Å². The van der Waals surface area contributed by atoms with Gasteiger partial charge in [-0.2, -0.15) is 0 Å². The first-order valence-corrected chi connectivity index (χ1v) is 23.3. The predicted octanol–water partition coefficient (Wildman–Crippen LogP) is 15.6. The highest BCUT2D eigenvalue weighted by Gasteiger charge is 2.51. The summed E-state index contributed by atoms with van der Waals surface area (Å²) in [5.74, 6) is 1.89. The minimum atomic E-state index is -0.533. The molecule has 2 aromatic heterocycles. The number of aromatic nitrogens is 4. The van der Waals surface area contributed by atoms with Crippen molar-refractivity contribution in [2.45, 2.75) is 5.41 Å². The molecule has 68 heavy (non-hydrogen) atoms. The highest BCUT2D eigenvalue weighted by atomic mass is 15.0. The number of benzene rings is 10. The molecule has 10 aromatic carbocycles. The molecular formula is C64H40N4. The maximum absolute atomic E-state index is 5.22. The van der Waals surface area contributed by atoms with Gasteiger partial charge in [0.25, 0.3) is 0 Å². The maximum atomic E-state index is 5.22. The van der Waals surface area contributed by atoms with Gasteiger partial charge in [-0.05, 0) is 85.0 Å². The molecule has 0 amide bonds. The van der Waals surface area contributed by atoms with Gasteiger partial charge in [0.15, 0.2) is 17.5 Å². The molecule has 4 heteroatoms. The first kappa shape index (κ1) is 38.3. The minimum Gasteiger partial charge on any atom is -0.309 e. The standard InChI is InChI=1S/C64H40N4/c1-3-16-41(17-4-1)42-32-34-43(35-33-42)44-36-38-46(39-37-44)62-65-61(45-18-5-2-6-19-45)66-63(67-62)48-21-13-20-47(40-48)49-24-14-28-55-59(49)52-23-7-9-26-53(52)64(55)54-27-10-12-31-58(54)68-57-30-11-8-22-50(57)51-25-15-29-56(64)60(51)68/h1-40H. The Morgan fingerprint density at radius 3 is 1.49 bits per heavy atom. The molecule has 1 aliphatic heterocycles. The molecule has 2 aliphatic rings. The summed E-state index contributed by atoms with van der Waals surface area (Å²) in [7, 11) is 0. The zero-order valence-electron chi connectivity index (χ0n) is 36.9. The van der Waals surface area contributed by atoms with Crippen LogP contribution in [0.25, 0.3) is 106 Å². The molecule has 0 saturated heterocycles. The zero-order valence-corrected chi connectivity index (χ0v) is 36.9. The van der Waals surface area contributed by atoms with E-state index in [9.17, 15) is 0 Å². The van der Waals surface area contributed by atoms with Crippen molar-refractivity contribution in [3.63, 3.8) is 0 Å². The van der Waals surface area contributed by atoms with Crippen LogP contribution >= 0.6 is 0 Å². The van der Waals surface area contributed by atoms with E-state index in [-0.39, 0.29) is 0 Å². The Balaban J connectivity index is 0.906. The second kappa shape index (κ2) is 15.0. The Morgan fingerprint density at radius 1 is 0.294 bits per heavy atom. The molecule has 0 saturated carbocycles. The lowest BCUT2D eigenvalue weighted by Gasteiger charge is -2.39. The molecule has 4 nitrogen and oxygen atoms in total. The van der Waals surface area contributed by atoms with Crippen LogP contribution in [0.1, 0.15) is 22.3 Å². The minimum absolute atomic E-state index is 0.533. The van der Waals surface area contributed by atoms with Crippen LogP contribution in [-0.2, 0) is 5.41 Å². The second-order valence-corrected chi connectivity index (χ2v) is 17.9. The zero-order chi connectivity index (χ0) is 44.8. The first-order chi connectivity index (χ1) is 33.7. The van der Waals surface area contributed by atoms with E-state index < -0.39 is 5.41 Å². The highest BCUT2D eigenvalue weighted by Crippen LogP contribution is 2.62. The molecule has 0 fully saturated rings. The molecule has 0 N–H and O–H groups in total. The van der Waals surface area contributed by atoms with E-state index in [4.69, 9.17) is 15.0 Å². The Bertz CT molecular complexity index is 3950. The SMILES string of the molecule is c1ccc(-c2ccc(-c3ccc(-c4nc(-c5ccccc5)nc(-c5cccc(-c6cccc7c6-c6ccccc6C76c7ccccc7-n7c8ccccc8c8cccc6c87)c5)n4)cc3)cc2)cc1. The van der Waals surface area contributed by atoms with Gasteiger partial charge in [0.05, 0.1) is 22.1 Å². The van der Waals surface area contributed by atoms with Gasteiger partial charge in [-0.1, -0.05) is 224 Å². The molecule has 316 valence electrons. The first-order valence-electron chi connectivity index (χ1n) is 23.3. The summed E-state index contributed by atoms with van der Waals surface area (Å²) in [6.45, 7) is 0. The summed E-state index contributed by atoms with van der Waals surface area (Å²) in [5, 5.41) is 2.55. The normalized spacial score (nSPS) is 14.2. The van der Waals surface area contributed by atoms with Gasteiger partial charge >= 0.3 is 0 Å². The van der Waals surface area contributed by atoms with Gasteiger partial charge in [-0.25, -0.2) is 15.0 Å². The lowest BCUT2D eigenvalue weighted by molar-refractivity contribution is 0.748. The van der Waals surface area contributed by atoms with Crippen molar-refractivity contribution in [2.24, 2.45) is 0 Å². The summed E-state index contributed by atoms with van der Waals surface area (Å²) in [5.41, 5.74) is 20.7. The van der Waals surface area contributed by atoms with Crippen LogP contribution in [0, 0.1) is 0 Å². The number of nitrogens with zero attached hydrogens (tertiary/aromatic N) is 4. The smallest absolute Gasteiger partial charge is 0.164 e. The highest BCUT2D eigenvalue weighted by molar-refractivity contribution is 6.13. The lowest BCUT2D eigenvalue weighted by Crippen LogP contribution is -2.33. The summed E-state index contributed by atoms with van der Waals surface area (Å²) in [6, 6.07) is 87.5. The predicted molar refractivity (Wildman–Crippen MR) is 278 cm³/mol. The van der Waals surface area contributed by atoms with Crippen molar-refractivity contribution in [3.8, 4) is 84.4 Å². The molecule has 0 radical (unpaired) electrons. The average Bonchev–Trinajstić information content (AvgIpc) is 3.92. The van der Waals surface area contributed by atoms with E-state index >= 15 is 0 Å². The molecule has 0 bridgehead atoms. The fraction of sp³-hybridized carbons (Fsp3) is 0.0156. The summed E-state index contributed by atoms with van der Waals surface area (Å²) >= 11 is 0. The molecule has 1 atom stereocenters. The maximum Gasteiger partial charge on any atom is 0.164 e. The van der Waals surface area contributed by atoms with Crippen molar-refractivity contribution in [1.82, 2.24) is 19.5 Å². The Kier molecular flexibility index (Phi) is 8.46. The number of para-hydroxylation sites is 3. The Labute approximate surface area is 394 Å². The van der Waals surface area contributed by atoms with Crippen molar-refractivity contribution >= 4 is 21.8 Å². The van der Waals surface area contributed by atoms with Crippen LogP contribution in [0.5, 0.6) is 0 Å². The van der Waals surface area contributed by atoms with Crippen LogP contribution in [-0.4, -0.2) is 19.5 Å². The van der Waals surface area contributed by atoms with E-state index in [1.807, 2.05) is 24.3 Å². The Hall–Kier alpha value is -8.99. The van der Waals surface area contributed by atoms with Gasteiger partial charge < -0.3 is 4.57 Å². The van der Waals surface area contributed by atoms with E-state index in [1.54, 1.807) is 0 Å². The van der Waals surface area contributed by atoms with Crippen LogP contribution in [0.3, 0.4) is 0 Å². The number of fused-ring (bicyclic) bond motifs is 12. The van der Waals surface area contributed by atoms with Gasteiger partial charge in [0.2, 0.25) is 0 Å². The largest absolute Gasteiger partial charge is 0.309 e. The molecular weight excluding hydrogens is 825 g/mol. The van der Waals surface area contributed by atoms with Crippen LogP contribution in [0.15, 0.2) is 243 Å². The topological polar surface area (TPSA) is 43.6 Å². The summed E-state index contributed by atoms with van der Waals surface area (Å²) in [4.78, 5) is 15.5. The van der Waals surface area contributed by atoms with E-state index in [1.165, 1.54) is 77.6 Å². The second-order valence-electron chi connectivity index (χ2n) is 17.9. The molecule has 1 unspecified atom stereocenters. The van der Waals surface area contributed by atoms with Crippen molar-refractivity contribution < 1.29 is 0 Å². The number of hydrogen-bond acceptors (Lipinski definition) is 3. The molecule has 1 spiro atoms. The van der Waals surface area contributed by atoms with Gasteiger partial charge in [-0.3, -0.25) is 0 Å². The average molecular weight is 865 g/mol. The Morgan fingerprint density at radius 2 is 0.750 bits per heavy atom. The van der Waals surface area contributed by atoms with E-state index in [0.29, 0.717) is 17.5 Å². The number of hydrogen-bond donors (Lipinski definition) is 0. The third-order valence-corrected chi connectivity index (χ3v) is 14.3. The fourth-order valence-electron chi connectivity index (χ4n) is 11.3. The van der Waals surface area contributed by atoms with E-state index in [0.717, 1.165) is 33.4 Å². The lowest BCUT2D eigenvalue weighted by atomic mass is 9.65. The van der Waals surface area contributed by atoms with Crippen LogP contribution in [0.4, 0.5) is 0 Å². The third-order valence-electron chi connectivity index (χ3n) is 14.3. The van der Waals surface area contributed by atoms with Gasteiger partial charge in [-0.15, -0.1) is 0 Å².